The number of para-hydroxylation sites is 1. The number of aryl methyl sites for hydroxylation is 1. The zero-order valence-corrected chi connectivity index (χ0v) is 13.6. The predicted octanol–water partition coefficient (Wildman–Crippen LogP) is 4.24. The Labute approximate surface area is 141 Å². The topological polar surface area (TPSA) is 34.5 Å². The van der Waals surface area contributed by atoms with Gasteiger partial charge in [-0.2, -0.15) is 0 Å². The lowest BCUT2D eigenvalue weighted by atomic mass is 10.1. The van der Waals surface area contributed by atoms with Crippen molar-refractivity contribution in [2.24, 2.45) is 0 Å². The molecule has 120 valence electrons. The van der Waals surface area contributed by atoms with Crippen LogP contribution in [-0.2, 0) is 11.3 Å². The predicted molar refractivity (Wildman–Crippen MR) is 96.2 cm³/mol. The van der Waals surface area contributed by atoms with Crippen LogP contribution < -0.4 is 0 Å². The van der Waals surface area contributed by atoms with Crippen LogP contribution in [0.25, 0.3) is 17.0 Å². The highest BCUT2D eigenvalue weighted by Crippen LogP contribution is 2.25. The molecular formula is C21H19NO2. The summed E-state index contributed by atoms with van der Waals surface area (Å²) < 4.78 is 7.55. The molecule has 0 saturated carbocycles. The van der Waals surface area contributed by atoms with E-state index in [9.17, 15) is 4.79 Å². The fourth-order valence-corrected chi connectivity index (χ4v) is 2.93. The summed E-state index contributed by atoms with van der Waals surface area (Å²) in [5.41, 5.74) is 4.11. The highest BCUT2D eigenvalue weighted by atomic mass is 16.6. The van der Waals surface area contributed by atoms with Gasteiger partial charge in [0.2, 0.25) is 0 Å². The summed E-state index contributed by atoms with van der Waals surface area (Å²) in [4.78, 5) is 12.3. The normalized spacial score (nSPS) is 16.8. The molecule has 2 heterocycles. The maximum absolute atomic E-state index is 12.3. The Balaban J connectivity index is 1.63. The highest BCUT2D eigenvalue weighted by molar-refractivity contribution is 6.07. The quantitative estimate of drug-likeness (QED) is 0.401. The van der Waals surface area contributed by atoms with E-state index in [1.807, 2.05) is 49.4 Å². The van der Waals surface area contributed by atoms with Gasteiger partial charge in [0.25, 0.3) is 0 Å². The summed E-state index contributed by atoms with van der Waals surface area (Å²) in [5, 5.41) is 1.16. The van der Waals surface area contributed by atoms with E-state index in [4.69, 9.17) is 4.74 Å². The van der Waals surface area contributed by atoms with Crippen LogP contribution in [0.5, 0.6) is 0 Å². The molecule has 3 aromatic rings. The molecule has 1 aliphatic rings. The molecule has 1 atom stereocenters. The summed E-state index contributed by atoms with van der Waals surface area (Å²) in [5.74, 6) is 0.0253. The van der Waals surface area contributed by atoms with Crippen LogP contribution in [0.2, 0.25) is 0 Å². The van der Waals surface area contributed by atoms with E-state index >= 15 is 0 Å². The first-order valence-corrected chi connectivity index (χ1v) is 8.19. The maximum atomic E-state index is 12.3. The minimum atomic E-state index is 0.0253. The molecule has 1 unspecified atom stereocenters. The third-order valence-corrected chi connectivity index (χ3v) is 4.37. The Hall–Kier alpha value is -2.65. The van der Waals surface area contributed by atoms with E-state index < -0.39 is 0 Å². The molecular weight excluding hydrogens is 298 g/mol. The van der Waals surface area contributed by atoms with Crippen molar-refractivity contribution >= 4 is 22.8 Å². The lowest BCUT2D eigenvalue weighted by molar-refractivity contribution is 0.104. The highest BCUT2D eigenvalue weighted by Gasteiger charge is 2.23. The average Bonchev–Trinajstić information content (AvgIpc) is 3.35. The molecule has 0 bridgehead atoms. The lowest BCUT2D eigenvalue weighted by Crippen LogP contribution is -2.01. The molecule has 1 aromatic heterocycles. The fraction of sp³-hybridized carbons (Fsp3) is 0.190. The first-order chi connectivity index (χ1) is 11.7. The number of carbonyl (C=O) groups excluding carboxylic acids is 1. The van der Waals surface area contributed by atoms with Crippen molar-refractivity contribution in [3.05, 3.63) is 77.5 Å². The Morgan fingerprint density at radius 3 is 2.71 bits per heavy atom. The van der Waals surface area contributed by atoms with Gasteiger partial charge >= 0.3 is 0 Å². The number of allylic oxidation sites excluding steroid dienone is 1. The van der Waals surface area contributed by atoms with Crippen molar-refractivity contribution in [3.63, 3.8) is 0 Å². The number of fused-ring (bicyclic) bond motifs is 1. The number of benzene rings is 2. The number of rotatable bonds is 5. The SMILES string of the molecule is Cc1ccc(C(=O)C=Cc2cn(CC3CO3)c3ccccc23)cc1. The van der Waals surface area contributed by atoms with Gasteiger partial charge in [-0.25, -0.2) is 0 Å². The van der Waals surface area contributed by atoms with Crippen molar-refractivity contribution in [1.82, 2.24) is 4.57 Å². The van der Waals surface area contributed by atoms with E-state index in [2.05, 4.69) is 22.9 Å². The third kappa shape index (κ3) is 3.03. The first kappa shape index (κ1) is 14.9. The van der Waals surface area contributed by atoms with Gasteiger partial charge in [0.15, 0.2) is 5.78 Å². The van der Waals surface area contributed by atoms with Crippen LogP contribution >= 0.6 is 0 Å². The van der Waals surface area contributed by atoms with E-state index in [-0.39, 0.29) is 5.78 Å². The summed E-state index contributed by atoms with van der Waals surface area (Å²) in [6.07, 6.45) is 6.00. The summed E-state index contributed by atoms with van der Waals surface area (Å²) in [6.45, 7) is 3.71. The second-order valence-electron chi connectivity index (χ2n) is 6.27. The molecule has 0 N–H and O–H groups in total. The molecule has 2 aromatic carbocycles. The van der Waals surface area contributed by atoms with Crippen molar-refractivity contribution < 1.29 is 9.53 Å². The minimum Gasteiger partial charge on any atom is -0.371 e. The number of hydrogen-bond acceptors (Lipinski definition) is 2. The van der Waals surface area contributed by atoms with Crippen LogP contribution in [0.1, 0.15) is 21.5 Å². The van der Waals surface area contributed by atoms with Crippen LogP contribution in [0.3, 0.4) is 0 Å². The van der Waals surface area contributed by atoms with Gasteiger partial charge in [0, 0.05) is 28.2 Å². The summed E-state index contributed by atoms with van der Waals surface area (Å²) in [6, 6.07) is 15.9. The Bertz CT molecular complexity index is 915. The number of ketones is 1. The molecule has 3 nitrogen and oxygen atoms in total. The van der Waals surface area contributed by atoms with Gasteiger partial charge in [-0.3, -0.25) is 4.79 Å². The molecule has 0 spiro atoms. The molecule has 1 aliphatic heterocycles. The molecule has 1 saturated heterocycles. The van der Waals surface area contributed by atoms with Crippen LogP contribution in [0, 0.1) is 6.92 Å². The van der Waals surface area contributed by atoms with Gasteiger partial charge in [-0.05, 0) is 25.1 Å². The molecule has 3 heteroatoms. The molecule has 24 heavy (non-hydrogen) atoms. The van der Waals surface area contributed by atoms with Crippen LogP contribution in [-0.4, -0.2) is 23.1 Å². The van der Waals surface area contributed by atoms with E-state index in [0.717, 1.165) is 29.7 Å². The molecule has 0 amide bonds. The van der Waals surface area contributed by atoms with Gasteiger partial charge in [-0.15, -0.1) is 0 Å². The molecule has 0 radical (unpaired) electrons. The molecule has 1 fully saturated rings. The van der Waals surface area contributed by atoms with Gasteiger partial charge in [-0.1, -0.05) is 48.0 Å². The van der Waals surface area contributed by atoms with Crippen molar-refractivity contribution in [3.8, 4) is 0 Å². The zero-order chi connectivity index (χ0) is 16.5. The lowest BCUT2D eigenvalue weighted by Gasteiger charge is -2.00. The Kier molecular flexibility index (Phi) is 3.79. The monoisotopic (exact) mass is 317 g/mol. The maximum Gasteiger partial charge on any atom is 0.185 e. The number of hydrogen-bond donors (Lipinski definition) is 0. The standard InChI is InChI=1S/C21H19NO2/c1-15-6-8-16(9-7-15)21(23)11-10-17-12-22(13-18-14-24-18)20-5-3-2-4-19(17)20/h2-12,18H,13-14H2,1H3. The second-order valence-corrected chi connectivity index (χ2v) is 6.27. The van der Waals surface area contributed by atoms with Gasteiger partial charge in [0.05, 0.1) is 19.3 Å². The largest absolute Gasteiger partial charge is 0.371 e. The average molecular weight is 317 g/mol. The number of epoxide rings is 1. The van der Waals surface area contributed by atoms with Crippen molar-refractivity contribution in [2.45, 2.75) is 19.6 Å². The van der Waals surface area contributed by atoms with Gasteiger partial charge < -0.3 is 9.30 Å². The number of carbonyl (C=O) groups is 1. The van der Waals surface area contributed by atoms with Crippen molar-refractivity contribution in [2.75, 3.05) is 6.61 Å². The Morgan fingerprint density at radius 2 is 1.96 bits per heavy atom. The van der Waals surface area contributed by atoms with E-state index in [1.165, 1.54) is 5.52 Å². The number of ether oxygens (including phenoxy) is 1. The zero-order valence-electron chi connectivity index (χ0n) is 13.6. The van der Waals surface area contributed by atoms with Crippen molar-refractivity contribution in [1.29, 1.82) is 0 Å². The number of nitrogens with zero attached hydrogens (tertiary/aromatic N) is 1. The van der Waals surface area contributed by atoms with E-state index in [1.54, 1.807) is 6.08 Å². The Morgan fingerprint density at radius 1 is 1.21 bits per heavy atom. The summed E-state index contributed by atoms with van der Waals surface area (Å²) >= 11 is 0. The van der Waals surface area contributed by atoms with E-state index in [0.29, 0.717) is 11.7 Å². The smallest absolute Gasteiger partial charge is 0.185 e. The second kappa shape index (κ2) is 6.10. The minimum absolute atomic E-state index is 0.0253. The molecule has 4 rings (SSSR count). The van der Waals surface area contributed by atoms with Gasteiger partial charge in [0.1, 0.15) is 0 Å². The summed E-state index contributed by atoms with van der Waals surface area (Å²) in [7, 11) is 0. The fourth-order valence-electron chi connectivity index (χ4n) is 2.93. The van der Waals surface area contributed by atoms with Crippen LogP contribution in [0.15, 0.2) is 60.8 Å². The van der Waals surface area contributed by atoms with Crippen LogP contribution in [0.4, 0.5) is 0 Å². The number of aromatic nitrogens is 1. The molecule has 0 aliphatic carbocycles. The third-order valence-electron chi connectivity index (χ3n) is 4.37. The first-order valence-electron chi connectivity index (χ1n) is 8.19.